The highest BCUT2D eigenvalue weighted by molar-refractivity contribution is 5.90. The number of hydrogen-bond acceptors (Lipinski definition) is 33. The van der Waals surface area contributed by atoms with Crippen molar-refractivity contribution in [2.75, 3.05) is 46.8 Å². The molecule has 0 radical (unpaired) electrons. The van der Waals surface area contributed by atoms with E-state index in [0.717, 1.165) is 19.1 Å². The molecular weight excluding hydrogens is 1220 g/mol. The molecule has 15 N–H and O–H groups in total. The van der Waals surface area contributed by atoms with Crippen LogP contribution in [0.15, 0.2) is 84.9 Å². The van der Waals surface area contributed by atoms with Crippen LogP contribution in [0.2, 0.25) is 0 Å². The van der Waals surface area contributed by atoms with Gasteiger partial charge < -0.3 is 143 Å². The molecule has 24 atom stereocenters. The van der Waals surface area contributed by atoms with Crippen LogP contribution in [0, 0.1) is 0 Å². The van der Waals surface area contributed by atoms with Gasteiger partial charge in [-0.3, -0.25) is 4.79 Å². The van der Waals surface area contributed by atoms with Crippen LogP contribution in [0.1, 0.15) is 28.4 Å². The molecule has 5 aliphatic rings. The summed E-state index contributed by atoms with van der Waals surface area (Å²) in [7, 11) is 1.25. The third-order valence-electron chi connectivity index (χ3n) is 15.2. The van der Waals surface area contributed by atoms with Gasteiger partial charge in [-0.1, -0.05) is 36.4 Å². The molecule has 5 heterocycles. The predicted octanol–water partition coefficient (Wildman–Crippen LogP) is -5.54. The van der Waals surface area contributed by atoms with Crippen LogP contribution in [0.5, 0.6) is 17.2 Å². The first-order valence-electron chi connectivity index (χ1n) is 28.2. The standard InChI is InChI=1S/C58H72O33/c1-25(63)79-23-36-49(85-38(67)17-12-27-10-15-30(65)31(18-27)78-2)50(87-56-47(76)44(73)48(35(22-62)83-56)86-54-45(74)42(71)39(68)32(19-59)81-54)51(88-55-46(75)43(72)40(69)33(20-60)82-55)57(84-36)91-58(24-80-37(66)16-11-26-8-13-29(64)14-9-26)52(41(70)34(21-61)90-58)89-53(77)28-6-4-3-5-7-28/h3-18,32-36,39-52,54-57,59-62,64-65,68-76H,19-24H2,1-2H3/b16-11+,17-12+/t32-,33-,34-,35-,36+,39+,40+,41+,42-,43-,44+,45+,46+,47+,48+,49+,50-,51+,52-,54+,55+,56-,57+,58-/m0/s1. The zero-order chi connectivity index (χ0) is 66.0. The fraction of sp³-hybridized carbons (Fsp3) is 0.552. The van der Waals surface area contributed by atoms with E-state index in [1.165, 1.54) is 86.0 Å². The molecule has 33 nitrogen and oxygen atoms in total. The molecule has 33 heteroatoms. The normalized spacial score (nSPS) is 36.8. The van der Waals surface area contributed by atoms with E-state index in [0.29, 0.717) is 5.56 Å². The Kier molecular flexibility index (Phi) is 24.3. The molecule has 0 bridgehead atoms. The number of phenols is 2. The Balaban J connectivity index is 1.27. The number of esters is 4. The SMILES string of the molecule is COc1cc(/C=C/C(=O)O[C@H]2[C@H](O[C@@H]3O[C@@H](CO)[C@@H](O[C@H]4O[C@@H](CO)[C@@H](O)[C@H](O)[C@H]4O)[C@H](O)[C@H]3O)[C@@H](O[C@H]3O[C@@H](CO)[C@@H](O)[C@H](O)[C@H]3O)[C@@H](O[C@]3(COC(=O)/C=C/c4ccc(O)cc4)O[C@@H](CO)[C@@H](O)[C@@H]3OC(=O)c3ccccc3)O[C@@H]2COC(C)=O)ccc1O. The number of phenolic OH excluding ortho intramolecular Hbond substituents is 2. The lowest BCUT2D eigenvalue weighted by Crippen LogP contribution is -2.69. The van der Waals surface area contributed by atoms with Crippen LogP contribution in [-0.2, 0) is 76.0 Å². The molecule has 0 saturated carbocycles. The fourth-order valence-electron chi connectivity index (χ4n) is 10.4. The molecular formula is C58H72O33. The monoisotopic (exact) mass is 1300 g/mol. The van der Waals surface area contributed by atoms with Crippen LogP contribution < -0.4 is 4.74 Å². The summed E-state index contributed by atoms with van der Waals surface area (Å²) in [6.07, 6.45) is -44.8. The fourth-order valence-corrected chi connectivity index (χ4v) is 10.4. The maximum Gasteiger partial charge on any atom is 0.338 e. The molecule has 8 rings (SSSR count). The molecule has 5 aliphatic heterocycles. The smallest absolute Gasteiger partial charge is 0.338 e. The second-order valence-corrected chi connectivity index (χ2v) is 21.4. The topological polar surface area (TPSA) is 501 Å². The van der Waals surface area contributed by atoms with Crippen molar-refractivity contribution in [3.63, 3.8) is 0 Å². The number of ether oxygens (including phenoxy) is 14. The molecule has 3 aromatic rings. The van der Waals surface area contributed by atoms with Gasteiger partial charge in [0.05, 0.1) is 39.1 Å². The summed E-state index contributed by atoms with van der Waals surface area (Å²) < 4.78 is 83.1. The highest BCUT2D eigenvalue weighted by Crippen LogP contribution is 2.43. The van der Waals surface area contributed by atoms with Crippen LogP contribution in [0.4, 0.5) is 0 Å². The van der Waals surface area contributed by atoms with Gasteiger partial charge in [0.25, 0.3) is 0 Å². The van der Waals surface area contributed by atoms with Gasteiger partial charge in [0.2, 0.25) is 5.79 Å². The summed E-state index contributed by atoms with van der Waals surface area (Å²) in [5.74, 6) is -8.11. The van der Waals surface area contributed by atoms with Gasteiger partial charge in [0, 0.05) is 19.1 Å². The van der Waals surface area contributed by atoms with Crippen LogP contribution in [-0.4, -0.2) is 294 Å². The maximum atomic E-state index is 14.3. The van der Waals surface area contributed by atoms with E-state index in [-0.39, 0.29) is 28.4 Å². The molecule has 0 aliphatic carbocycles. The van der Waals surface area contributed by atoms with E-state index in [2.05, 4.69) is 0 Å². The zero-order valence-electron chi connectivity index (χ0n) is 48.3. The van der Waals surface area contributed by atoms with Gasteiger partial charge in [-0.15, -0.1) is 0 Å². The van der Waals surface area contributed by atoms with Crippen molar-refractivity contribution in [1.82, 2.24) is 0 Å². The van der Waals surface area contributed by atoms with Gasteiger partial charge in [-0.25, -0.2) is 14.4 Å². The number of aliphatic hydroxyl groups is 13. The number of rotatable bonds is 24. The molecule has 502 valence electrons. The number of carbonyl (C=O) groups is 4. The molecule has 0 aromatic heterocycles. The van der Waals surface area contributed by atoms with Crippen molar-refractivity contribution < 1.29 is 162 Å². The van der Waals surface area contributed by atoms with E-state index in [9.17, 15) is 95.8 Å². The van der Waals surface area contributed by atoms with Crippen molar-refractivity contribution in [3.05, 3.63) is 102 Å². The van der Waals surface area contributed by atoms with Crippen molar-refractivity contribution in [2.24, 2.45) is 0 Å². The molecule has 0 unspecified atom stereocenters. The Morgan fingerprint density at radius 3 is 1.63 bits per heavy atom. The predicted molar refractivity (Wildman–Crippen MR) is 294 cm³/mol. The molecule has 5 saturated heterocycles. The van der Waals surface area contributed by atoms with Gasteiger partial charge >= 0.3 is 23.9 Å². The van der Waals surface area contributed by atoms with Gasteiger partial charge in [0.1, 0.15) is 123 Å². The molecule has 5 fully saturated rings. The minimum absolute atomic E-state index is 0.0280. The second-order valence-electron chi connectivity index (χ2n) is 21.4. The Labute approximate surface area is 516 Å². The van der Waals surface area contributed by atoms with Gasteiger partial charge in [-0.2, -0.15) is 0 Å². The number of carbonyl (C=O) groups excluding carboxylic acids is 4. The summed E-state index contributed by atoms with van der Waals surface area (Å²) in [5.41, 5.74) is 0.446. The highest BCUT2D eigenvalue weighted by atomic mass is 16.8. The Morgan fingerprint density at radius 1 is 0.516 bits per heavy atom. The first-order valence-corrected chi connectivity index (χ1v) is 28.2. The summed E-state index contributed by atoms with van der Waals surface area (Å²) in [6.45, 7) is -5.56. The number of benzene rings is 3. The van der Waals surface area contributed by atoms with E-state index in [1.807, 2.05) is 0 Å². The summed E-state index contributed by atoms with van der Waals surface area (Å²) >= 11 is 0. The van der Waals surface area contributed by atoms with E-state index >= 15 is 0 Å². The van der Waals surface area contributed by atoms with Crippen LogP contribution in [0.25, 0.3) is 12.2 Å². The lowest BCUT2D eigenvalue weighted by molar-refractivity contribution is -0.423. The highest BCUT2D eigenvalue weighted by Gasteiger charge is 2.64. The summed E-state index contributed by atoms with van der Waals surface area (Å²) in [4.78, 5) is 54.9. The quantitative estimate of drug-likeness (QED) is 0.0226. The van der Waals surface area contributed by atoms with Crippen LogP contribution in [0.3, 0.4) is 0 Å². The first-order chi connectivity index (χ1) is 43.4. The minimum Gasteiger partial charge on any atom is -0.508 e. The Hall–Kier alpha value is -6.46. The molecule has 3 aromatic carbocycles. The maximum absolute atomic E-state index is 14.3. The van der Waals surface area contributed by atoms with Crippen molar-refractivity contribution >= 4 is 36.0 Å². The van der Waals surface area contributed by atoms with Crippen molar-refractivity contribution in [2.45, 2.75) is 154 Å². The van der Waals surface area contributed by atoms with Gasteiger partial charge in [-0.05, 0) is 59.7 Å². The van der Waals surface area contributed by atoms with E-state index in [1.54, 1.807) is 6.07 Å². The third-order valence-corrected chi connectivity index (χ3v) is 15.2. The number of aromatic hydroxyl groups is 2. The number of aliphatic hydroxyl groups excluding tert-OH is 13. The van der Waals surface area contributed by atoms with Gasteiger partial charge in [0.15, 0.2) is 48.9 Å². The summed E-state index contributed by atoms with van der Waals surface area (Å²) in [6, 6.07) is 16.5. The first kappa shape index (κ1) is 70.4. The molecule has 91 heavy (non-hydrogen) atoms. The number of hydrogen-bond donors (Lipinski definition) is 15. The molecule has 0 spiro atoms. The third kappa shape index (κ3) is 16.5. The lowest BCUT2D eigenvalue weighted by Gasteiger charge is -2.51. The lowest BCUT2D eigenvalue weighted by atomic mass is 9.95. The van der Waals surface area contributed by atoms with E-state index < -0.39 is 210 Å². The van der Waals surface area contributed by atoms with E-state index in [4.69, 9.17) is 66.3 Å². The Bertz CT molecular complexity index is 2930. The molecule has 0 amide bonds. The number of methoxy groups -OCH3 is 1. The zero-order valence-corrected chi connectivity index (χ0v) is 48.3. The average Bonchev–Trinajstić information content (AvgIpc) is 1.73. The van der Waals surface area contributed by atoms with Crippen molar-refractivity contribution in [3.8, 4) is 17.2 Å². The summed E-state index contributed by atoms with van der Waals surface area (Å²) in [5, 5.41) is 163. The van der Waals surface area contributed by atoms with Crippen LogP contribution >= 0.6 is 0 Å². The largest absolute Gasteiger partial charge is 0.508 e. The van der Waals surface area contributed by atoms with Crippen molar-refractivity contribution in [1.29, 1.82) is 0 Å². The Morgan fingerprint density at radius 2 is 1.04 bits per heavy atom. The average molecular weight is 1300 g/mol. The second kappa shape index (κ2) is 31.4. The minimum atomic E-state index is -2.98.